The van der Waals surface area contributed by atoms with Crippen molar-refractivity contribution in [3.05, 3.63) is 69.5 Å². The highest BCUT2D eigenvalue weighted by atomic mass is 32.1. The highest BCUT2D eigenvalue weighted by molar-refractivity contribution is 7.80. The van der Waals surface area contributed by atoms with Crippen molar-refractivity contribution in [1.82, 2.24) is 14.8 Å². The van der Waals surface area contributed by atoms with Gasteiger partial charge in [0.05, 0.1) is 24.4 Å². The van der Waals surface area contributed by atoms with Crippen molar-refractivity contribution in [3.8, 4) is 5.75 Å². The third kappa shape index (κ3) is 5.68. The Morgan fingerprint density at radius 1 is 1.23 bits per heavy atom. The molecule has 1 aromatic heterocycles. The highest BCUT2D eigenvalue weighted by Crippen LogP contribution is 2.26. The molecule has 3 aromatic rings. The summed E-state index contributed by atoms with van der Waals surface area (Å²) in [7, 11) is 0. The average Bonchev–Trinajstić information content (AvgIpc) is 3.30. The van der Waals surface area contributed by atoms with Crippen LogP contribution in [0.4, 0.5) is 5.69 Å². The molecule has 35 heavy (non-hydrogen) atoms. The number of aromatic amines is 1. The van der Waals surface area contributed by atoms with Gasteiger partial charge in [0.15, 0.2) is 5.11 Å². The maximum atomic E-state index is 13.1. The Hall–Kier alpha value is -2.90. The molecule has 1 unspecified atom stereocenters. The molecular formula is C28H36N4O2S. The van der Waals surface area contributed by atoms with Crippen LogP contribution in [0, 0.1) is 13.8 Å². The van der Waals surface area contributed by atoms with Gasteiger partial charge in [-0.25, -0.2) is 0 Å². The predicted octanol–water partition coefficient (Wildman–Crippen LogP) is 5.23. The van der Waals surface area contributed by atoms with E-state index in [1.54, 1.807) is 0 Å². The molecule has 7 heteroatoms. The van der Waals surface area contributed by atoms with Crippen molar-refractivity contribution in [2.45, 2.75) is 53.1 Å². The van der Waals surface area contributed by atoms with E-state index >= 15 is 0 Å². The van der Waals surface area contributed by atoms with Gasteiger partial charge in [-0.1, -0.05) is 31.2 Å². The highest BCUT2D eigenvalue weighted by Gasteiger charge is 2.27. The lowest BCUT2D eigenvalue weighted by Gasteiger charge is -2.32. The van der Waals surface area contributed by atoms with E-state index in [2.05, 4.69) is 46.1 Å². The van der Waals surface area contributed by atoms with E-state index in [1.165, 1.54) is 12.0 Å². The number of benzene rings is 2. The van der Waals surface area contributed by atoms with Gasteiger partial charge in [-0.2, -0.15) is 0 Å². The molecule has 2 heterocycles. The minimum Gasteiger partial charge on any atom is -0.492 e. The van der Waals surface area contributed by atoms with Crippen molar-refractivity contribution in [2.24, 2.45) is 0 Å². The molecule has 0 bridgehead atoms. The van der Waals surface area contributed by atoms with Crippen LogP contribution < -0.4 is 15.6 Å². The molecule has 2 N–H and O–H groups in total. The predicted molar refractivity (Wildman–Crippen MR) is 149 cm³/mol. The van der Waals surface area contributed by atoms with E-state index in [1.807, 2.05) is 44.2 Å². The number of aryl methyl sites for hydroxylation is 2. The SMILES string of the molecule is CCOc1ccccc1NC(=S)N(Cc1cc2ccc(C)c(C)c2[nH]c1=O)CC1CCCN1CC. The summed E-state index contributed by atoms with van der Waals surface area (Å²) in [6, 6.07) is 14.4. The summed E-state index contributed by atoms with van der Waals surface area (Å²) in [6.07, 6.45) is 2.32. The number of pyridine rings is 1. The summed E-state index contributed by atoms with van der Waals surface area (Å²) in [5.74, 6) is 0.766. The molecule has 6 nitrogen and oxygen atoms in total. The van der Waals surface area contributed by atoms with Gasteiger partial charge in [-0.15, -0.1) is 0 Å². The number of nitrogens with one attached hydrogen (secondary N) is 2. The third-order valence-corrected chi connectivity index (χ3v) is 7.40. The summed E-state index contributed by atoms with van der Waals surface area (Å²) in [5.41, 5.74) is 4.67. The Balaban J connectivity index is 1.64. The Labute approximate surface area is 213 Å². The second kappa shape index (κ2) is 11.2. The molecule has 1 aliphatic heterocycles. The zero-order valence-corrected chi connectivity index (χ0v) is 22.0. The minimum absolute atomic E-state index is 0.0625. The standard InChI is InChI=1S/C28H36N4O2S/c1-5-31-15-9-10-23(31)18-32(28(35)29-24-11-7-8-12-25(24)34-6-2)17-22-16-21-14-13-19(3)20(4)26(21)30-27(22)33/h7-8,11-14,16,23H,5-6,9-10,15,17-18H2,1-4H3,(H,29,35)(H,30,33). The smallest absolute Gasteiger partial charge is 0.253 e. The van der Waals surface area contributed by atoms with Gasteiger partial charge in [-0.3, -0.25) is 9.69 Å². The fraction of sp³-hybridized carbons (Fsp3) is 0.429. The molecule has 0 saturated carbocycles. The number of anilines is 1. The zero-order valence-electron chi connectivity index (χ0n) is 21.2. The number of fused-ring (bicyclic) bond motifs is 1. The molecule has 1 saturated heterocycles. The van der Waals surface area contributed by atoms with E-state index in [-0.39, 0.29) is 5.56 Å². The first-order valence-corrected chi connectivity index (χ1v) is 13.0. The van der Waals surface area contributed by atoms with Crippen LogP contribution >= 0.6 is 12.2 Å². The van der Waals surface area contributed by atoms with Crippen LogP contribution in [-0.2, 0) is 6.54 Å². The Bertz CT molecular complexity index is 1260. The van der Waals surface area contributed by atoms with E-state index in [0.717, 1.165) is 54.0 Å². The summed E-state index contributed by atoms with van der Waals surface area (Å²) >= 11 is 5.92. The molecule has 4 rings (SSSR count). The Morgan fingerprint density at radius 3 is 2.80 bits per heavy atom. The number of hydrogen-bond donors (Lipinski definition) is 2. The van der Waals surface area contributed by atoms with Gasteiger partial charge >= 0.3 is 0 Å². The zero-order chi connectivity index (χ0) is 24.9. The number of ether oxygens (including phenoxy) is 1. The summed E-state index contributed by atoms with van der Waals surface area (Å²) < 4.78 is 5.79. The maximum absolute atomic E-state index is 13.1. The molecule has 1 fully saturated rings. The van der Waals surface area contributed by atoms with Gasteiger partial charge in [0, 0.05) is 18.2 Å². The second-order valence-electron chi connectivity index (χ2n) is 9.26. The molecule has 0 spiro atoms. The molecule has 0 aliphatic carbocycles. The quantitative estimate of drug-likeness (QED) is 0.420. The number of para-hydroxylation sites is 2. The largest absolute Gasteiger partial charge is 0.492 e. The van der Waals surface area contributed by atoms with Crippen LogP contribution in [-0.4, -0.2) is 52.2 Å². The number of H-pyrrole nitrogens is 1. The van der Waals surface area contributed by atoms with E-state index < -0.39 is 0 Å². The number of hydrogen-bond acceptors (Lipinski definition) is 4. The maximum Gasteiger partial charge on any atom is 0.253 e. The number of aromatic nitrogens is 1. The number of rotatable bonds is 8. The van der Waals surface area contributed by atoms with Gasteiger partial charge in [0.25, 0.3) is 5.56 Å². The van der Waals surface area contributed by atoms with Crippen molar-refractivity contribution < 1.29 is 4.74 Å². The Morgan fingerprint density at radius 2 is 2.03 bits per heavy atom. The molecule has 0 amide bonds. The first-order valence-electron chi connectivity index (χ1n) is 12.5. The van der Waals surface area contributed by atoms with Gasteiger partial charge in [0.1, 0.15) is 5.75 Å². The summed E-state index contributed by atoms with van der Waals surface area (Å²) in [6.45, 7) is 12.2. The lowest BCUT2D eigenvalue weighted by Crippen LogP contribution is -2.44. The second-order valence-corrected chi connectivity index (χ2v) is 9.65. The molecule has 1 aliphatic rings. The average molecular weight is 493 g/mol. The van der Waals surface area contributed by atoms with Crippen LogP contribution in [0.3, 0.4) is 0 Å². The van der Waals surface area contributed by atoms with Crippen LogP contribution in [0.2, 0.25) is 0 Å². The van der Waals surface area contributed by atoms with Crippen LogP contribution in [0.5, 0.6) is 5.75 Å². The Kier molecular flexibility index (Phi) is 8.08. The van der Waals surface area contributed by atoms with Gasteiger partial charge in [-0.05, 0) is 93.6 Å². The molecule has 186 valence electrons. The number of thiocarbonyl (C=S) groups is 1. The van der Waals surface area contributed by atoms with Crippen LogP contribution in [0.1, 0.15) is 43.4 Å². The lowest BCUT2D eigenvalue weighted by atomic mass is 10.0. The fourth-order valence-electron chi connectivity index (χ4n) is 4.93. The first-order chi connectivity index (χ1) is 16.9. The molecule has 0 radical (unpaired) electrons. The lowest BCUT2D eigenvalue weighted by molar-refractivity contribution is 0.221. The van der Waals surface area contributed by atoms with Crippen molar-refractivity contribution >= 4 is 33.9 Å². The van der Waals surface area contributed by atoms with Gasteiger partial charge < -0.3 is 19.9 Å². The van der Waals surface area contributed by atoms with Gasteiger partial charge in [0.2, 0.25) is 0 Å². The van der Waals surface area contributed by atoms with Crippen molar-refractivity contribution in [2.75, 3.05) is 31.6 Å². The topological polar surface area (TPSA) is 60.6 Å². The first kappa shape index (κ1) is 25.2. The number of nitrogens with zero attached hydrogens (tertiary/aromatic N) is 2. The van der Waals surface area contributed by atoms with E-state index in [9.17, 15) is 4.79 Å². The molecule has 1 atom stereocenters. The van der Waals surface area contributed by atoms with E-state index in [0.29, 0.717) is 29.9 Å². The monoisotopic (exact) mass is 492 g/mol. The third-order valence-electron chi connectivity index (χ3n) is 7.04. The van der Waals surface area contributed by atoms with E-state index in [4.69, 9.17) is 17.0 Å². The van der Waals surface area contributed by atoms with Crippen LogP contribution in [0.15, 0.2) is 47.3 Å². The fourth-order valence-corrected chi connectivity index (χ4v) is 5.18. The molecular weight excluding hydrogens is 456 g/mol. The normalized spacial score (nSPS) is 15.9. The summed E-state index contributed by atoms with van der Waals surface area (Å²) in [5, 5.41) is 5.04. The number of likely N-dealkylation sites (tertiary alicyclic amines) is 1. The van der Waals surface area contributed by atoms with Crippen molar-refractivity contribution in [3.63, 3.8) is 0 Å². The minimum atomic E-state index is -0.0625. The van der Waals surface area contributed by atoms with Crippen LogP contribution in [0.25, 0.3) is 10.9 Å². The number of likely N-dealkylation sites (N-methyl/N-ethyl adjacent to an activating group) is 1. The van der Waals surface area contributed by atoms with Crippen molar-refractivity contribution in [1.29, 1.82) is 0 Å². The summed E-state index contributed by atoms with van der Waals surface area (Å²) in [4.78, 5) is 20.9. The molecule has 2 aromatic carbocycles.